The summed E-state index contributed by atoms with van der Waals surface area (Å²) in [4.78, 5) is 34.9. The lowest BCUT2D eigenvalue weighted by Crippen LogP contribution is -2.43. The summed E-state index contributed by atoms with van der Waals surface area (Å²) in [5.41, 5.74) is 14.0. The van der Waals surface area contributed by atoms with E-state index in [4.69, 9.17) is 0 Å². The molecule has 1 atom stereocenters. The Kier molecular flexibility index (Phi) is 12.3. The van der Waals surface area contributed by atoms with Crippen molar-refractivity contribution in [3.05, 3.63) is 116 Å². The van der Waals surface area contributed by atoms with E-state index in [-0.39, 0.29) is 17.9 Å². The van der Waals surface area contributed by atoms with Gasteiger partial charge in [-0.1, -0.05) is 74.9 Å². The number of fused-ring (bicyclic) bond motifs is 2. The third-order valence-corrected chi connectivity index (χ3v) is 11.4. The molecule has 53 heavy (non-hydrogen) atoms. The minimum absolute atomic E-state index is 0.0795. The van der Waals surface area contributed by atoms with Crippen molar-refractivity contribution in [2.45, 2.75) is 105 Å². The van der Waals surface area contributed by atoms with Gasteiger partial charge in [-0.3, -0.25) is 14.5 Å². The zero-order valence-corrected chi connectivity index (χ0v) is 33.1. The Bertz CT molecular complexity index is 2030. The summed E-state index contributed by atoms with van der Waals surface area (Å²) in [6.07, 6.45) is 8.56. The van der Waals surface area contributed by atoms with Gasteiger partial charge in [-0.2, -0.15) is 0 Å². The topological polar surface area (TPSA) is 48.8 Å². The molecule has 6 rings (SSSR count). The van der Waals surface area contributed by atoms with Crippen molar-refractivity contribution >= 4 is 11.8 Å². The van der Waals surface area contributed by atoms with Gasteiger partial charge < -0.3 is 14.4 Å². The van der Waals surface area contributed by atoms with E-state index < -0.39 is 0 Å². The van der Waals surface area contributed by atoms with Crippen LogP contribution in [0, 0.1) is 18.8 Å². The highest BCUT2D eigenvalue weighted by Crippen LogP contribution is 2.39. The number of benzene rings is 3. The molecule has 4 aromatic rings. The van der Waals surface area contributed by atoms with Gasteiger partial charge in [0.15, 0.2) is 0 Å². The van der Waals surface area contributed by atoms with Gasteiger partial charge in [0, 0.05) is 55.1 Å². The first-order chi connectivity index (χ1) is 25.6. The van der Waals surface area contributed by atoms with E-state index >= 15 is 4.79 Å². The predicted octanol–water partition coefficient (Wildman–Crippen LogP) is 8.31. The third-order valence-electron chi connectivity index (χ3n) is 11.4. The summed E-state index contributed by atoms with van der Waals surface area (Å²) < 4.78 is 2.36. The van der Waals surface area contributed by atoms with Crippen LogP contribution < -0.4 is 0 Å². The van der Waals surface area contributed by atoms with Crippen LogP contribution in [0.2, 0.25) is 0 Å². The average molecular weight is 711 g/mol. The molecule has 1 aromatic heterocycles. The number of hydrogen-bond donors (Lipinski definition) is 0. The van der Waals surface area contributed by atoms with Gasteiger partial charge in [0.1, 0.15) is 0 Å². The van der Waals surface area contributed by atoms with E-state index in [1.54, 1.807) is 0 Å². The molecule has 0 saturated heterocycles. The average Bonchev–Trinajstić information content (AvgIpc) is 3.38. The zero-order chi connectivity index (χ0) is 37.6. The molecule has 6 nitrogen and oxygen atoms in total. The van der Waals surface area contributed by atoms with Gasteiger partial charge in [-0.15, -0.1) is 0 Å². The van der Waals surface area contributed by atoms with Gasteiger partial charge in [0.05, 0.1) is 18.7 Å². The molecule has 278 valence electrons. The Morgan fingerprint density at radius 1 is 0.868 bits per heavy atom. The summed E-state index contributed by atoms with van der Waals surface area (Å²) in [6, 6.07) is 21.1. The van der Waals surface area contributed by atoms with Crippen LogP contribution in [0.15, 0.2) is 60.7 Å². The summed E-state index contributed by atoms with van der Waals surface area (Å²) in [5.74, 6) is 6.61. The highest BCUT2D eigenvalue weighted by Gasteiger charge is 2.33. The molecule has 0 unspecified atom stereocenters. The Morgan fingerprint density at radius 2 is 1.60 bits per heavy atom. The number of unbranched alkanes of at least 4 members (excludes halogenated alkanes) is 2. The van der Waals surface area contributed by atoms with Crippen LogP contribution in [0.25, 0.3) is 11.3 Å². The molecule has 3 heterocycles. The van der Waals surface area contributed by atoms with Crippen molar-refractivity contribution in [2.75, 3.05) is 27.2 Å². The summed E-state index contributed by atoms with van der Waals surface area (Å²) in [5, 5.41) is 0. The van der Waals surface area contributed by atoms with Gasteiger partial charge in [-0.25, -0.2) is 0 Å². The molecule has 3 aromatic carbocycles. The summed E-state index contributed by atoms with van der Waals surface area (Å²) in [7, 11) is 6.20. The van der Waals surface area contributed by atoms with Crippen LogP contribution in [0.1, 0.15) is 107 Å². The fourth-order valence-corrected chi connectivity index (χ4v) is 8.23. The maximum Gasteiger partial charge on any atom is 0.255 e. The third kappa shape index (κ3) is 8.47. The quantitative estimate of drug-likeness (QED) is 0.147. The molecular formula is C47H58N4O2. The van der Waals surface area contributed by atoms with E-state index in [0.29, 0.717) is 32.6 Å². The molecule has 0 bridgehead atoms. The lowest BCUT2D eigenvalue weighted by atomic mass is 9.87. The number of carbonyl (C=O) groups is 2. The molecular weight excluding hydrogens is 653 g/mol. The van der Waals surface area contributed by atoms with Crippen LogP contribution >= 0.6 is 0 Å². The smallest absolute Gasteiger partial charge is 0.255 e. The molecule has 2 aliphatic rings. The number of amides is 2. The monoisotopic (exact) mass is 710 g/mol. The fourth-order valence-electron chi connectivity index (χ4n) is 8.23. The maximum atomic E-state index is 15.0. The van der Waals surface area contributed by atoms with Gasteiger partial charge >= 0.3 is 0 Å². The Morgan fingerprint density at radius 3 is 2.34 bits per heavy atom. The van der Waals surface area contributed by atoms with E-state index in [9.17, 15) is 4.79 Å². The van der Waals surface area contributed by atoms with Gasteiger partial charge in [-0.05, 0) is 130 Å². The molecule has 2 amide bonds. The van der Waals surface area contributed by atoms with E-state index in [1.807, 2.05) is 48.2 Å². The molecule has 0 radical (unpaired) electrons. The Hall–Kier alpha value is -4.60. The minimum Gasteiger partial charge on any atom is -0.347 e. The van der Waals surface area contributed by atoms with Crippen LogP contribution in [-0.4, -0.2) is 64.3 Å². The number of carbonyl (C=O) groups excluding carboxylic acids is 2. The Labute approximate surface area is 318 Å². The summed E-state index contributed by atoms with van der Waals surface area (Å²) >= 11 is 0. The molecule has 6 heteroatoms. The van der Waals surface area contributed by atoms with Crippen molar-refractivity contribution in [1.29, 1.82) is 0 Å². The highest BCUT2D eigenvalue weighted by molar-refractivity contribution is 6.02. The number of aromatic nitrogens is 1. The minimum atomic E-state index is 0.0795. The number of rotatable bonds is 11. The standard InChI is InChI=1S/C47H58N4O2/c1-8-10-21-41-34(4)49(7)46(42(41)22-11-9-2)43-29-38-23-25-50(45(52)28-36-17-14-16-35(27-36)18-15-24-48(5)6)31-40(38)30-44(43)47(53)51-32-39-20-13-12-19-37(39)26-33(51)3/h12-14,16-17,19-20,27,29-30,33H,8-11,21-26,28,31-32H2,1-7H3/t33-/m1/s1. The van der Waals surface area contributed by atoms with Crippen molar-refractivity contribution in [3.8, 4) is 23.1 Å². The lowest BCUT2D eigenvalue weighted by Gasteiger charge is -2.36. The summed E-state index contributed by atoms with van der Waals surface area (Å²) in [6.45, 7) is 11.4. The number of nitrogens with zero attached hydrogens (tertiary/aromatic N) is 4. The zero-order valence-electron chi connectivity index (χ0n) is 33.1. The Balaban J connectivity index is 1.38. The largest absolute Gasteiger partial charge is 0.347 e. The van der Waals surface area contributed by atoms with Gasteiger partial charge in [0.25, 0.3) is 5.91 Å². The van der Waals surface area contributed by atoms with Crippen LogP contribution in [-0.2, 0) is 57.0 Å². The molecule has 0 N–H and O–H groups in total. The molecule has 2 aliphatic heterocycles. The first-order valence-electron chi connectivity index (χ1n) is 19.8. The molecule has 0 saturated carbocycles. The second kappa shape index (κ2) is 17.0. The normalized spacial score (nSPS) is 15.2. The number of hydrogen-bond acceptors (Lipinski definition) is 3. The van der Waals surface area contributed by atoms with Crippen LogP contribution in [0.3, 0.4) is 0 Å². The van der Waals surface area contributed by atoms with Crippen LogP contribution in [0.5, 0.6) is 0 Å². The lowest BCUT2D eigenvalue weighted by molar-refractivity contribution is -0.131. The highest BCUT2D eigenvalue weighted by atomic mass is 16.2. The second-order valence-corrected chi connectivity index (χ2v) is 15.6. The molecule has 0 fully saturated rings. The SMILES string of the molecule is CCCCc1c(CCCC)c(-c2cc3c(cc2C(=O)N2Cc4ccccc4C[C@H]2C)CN(C(=O)Cc2cccc(C#CCN(C)C)c2)CC3)n(C)c1C. The van der Waals surface area contributed by atoms with Gasteiger partial charge in [0.2, 0.25) is 5.91 Å². The first kappa shape index (κ1) is 38.1. The predicted molar refractivity (Wildman–Crippen MR) is 217 cm³/mol. The van der Waals surface area contributed by atoms with E-state index in [0.717, 1.165) is 79.2 Å². The molecule has 0 spiro atoms. The van der Waals surface area contributed by atoms with Crippen molar-refractivity contribution in [1.82, 2.24) is 19.3 Å². The van der Waals surface area contributed by atoms with Crippen LogP contribution in [0.4, 0.5) is 0 Å². The van der Waals surface area contributed by atoms with E-state index in [2.05, 4.69) is 92.4 Å². The fraction of sp³-hybridized carbons (Fsp3) is 0.447. The maximum absolute atomic E-state index is 15.0. The van der Waals surface area contributed by atoms with Crippen molar-refractivity contribution in [3.63, 3.8) is 0 Å². The first-order valence-corrected chi connectivity index (χ1v) is 19.8. The molecule has 0 aliphatic carbocycles. The van der Waals surface area contributed by atoms with E-state index in [1.165, 1.54) is 39.2 Å². The van der Waals surface area contributed by atoms with Crippen molar-refractivity contribution in [2.24, 2.45) is 7.05 Å². The second-order valence-electron chi connectivity index (χ2n) is 15.6. The van der Waals surface area contributed by atoms with Crippen molar-refractivity contribution < 1.29 is 9.59 Å².